The molecule has 0 aliphatic carbocycles. The van der Waals surface area contributed by atoms with E-state index in [2.05, 4.69) is 65.1 Å². The quantitative estimate of drug-likeness (QED) is 0.796. The molecule has 1 aliphatic heterocycles. The van der Waals surface area contributed by atoms with Crippen LogP contribution in [0.3, 0.4) is 0 Å². The number of anilines is 1. The number of hydrogen-bond acceptors (Lipinski definition) is 3. The standard InChI is InChI=1S/C17H27BrN2O/c1-4-19-13(3)14-8-9-17(16(18)11-14)20(5-2)12-15-7-6-10-21-15/h8-9,11,13,15,19H,4-7,10,12H2,1-3H3. The Morgan fingerprint density at radius 1 is 1.43 bits per heavy atom. The summed E-state index contributed by atoms with van der Waals surface area (Å²) in [5.74, 6) is 0. The van der Waals surface area contributed by atoms with Gasteiger partial charge in [0.1, 0.15) is 0 Å². The molecule has 1 saturated heterocycles. The number of rotatable bonds is 7. The first-order valence-corrected chi connectivity index (χ1v) is 8.84. The fourth-order valence-electron chi connectivity index (χ4n) is 2.90. The summed E-state index contributed by atoms with van der Waals surface area (Å²) < 4.78 is 6.94. The number of benzene rings is 1. The Morgan fingerprint density at radius 2 is 2.24 bits per heavy atom. The Morgan fingerprint density at radius 3 is 2.81 bits per heavy atom. The first kappa shape index (κ1) is 16.8. The van der Waals surface area contributed by atoms with E-state index >= 15 is 0 Å². The summed E-state index contributed by atoms with van der Waals surface area (Å²) in [6.07, 6.45) is 2.77. The molecule has 1 N–H and O–H groups in total. The van der Waals surface area contributed by atoms with Crippen molar-refractivity contribution >= 4 is 21.6 Å². The Balaban J connectivity index is 2.10. The summed E-state index contributed by atoms with van der Waals surface area (Å²) >= 11 is 3.75. The van der Waals surface area contributed by atoms with Crippen molar-refractivity contribution in [2.24, 2.45) is 0 Å². The maximum absolute atomic E-state index is 5.77. The third-order valence-electron chi connectivity index (χ3n) is 4.15. The first-order chi connectivity index (χ1) is 10.2. The van der Waals surface area contributed by atoms with Crippen LogP contribution in [-0.2, 0) is 4.74 Å². The minimum atomic E-state index is 0.383. The van der Waals surface area contributed by atoms with Crippen molar-refractivity contribution in [3.05, 3.63) is 28.2 Å². The first-order valence-electron chi connectivity index (χ1n) is 8.05. The maximum Gasteiger partial charge on any atom is 0.0750 e. The van der Waals surface area contributed by atoms with Gasteiger partial charge in [0.15, 0.2) is 0 Å². The fourth-order valence-corrected chi connectivity index (χ4v) is 3.55. The van der Waals surface area contributed by atoms with E-state index in [1.165, 1.54) is 28.6 Å². The number of nitrogens with one attached hydrogen (secondary N) is 1. The average Bonchev–Trinajstić information content (AvgIpc) is 2.98. The van der Waals surface area contributed by atoms with E-state index in [0.717, 1.165) is 26.2 Å². The van der Waals surface area contributed by atoms with E-state index in [0.29, 0.717) is 12.1 Å². The third-order valence-corrected chi connectivity index (χ3v) is 4.79. The van der Waals surface area contributed by atoms with Crippen LogP contribution >= 0.6 is 15.9 Å². The van der Waals surface area contributed by atoms with Gasteiger partial charge in [-0.2, -0.15) is 0 Å². The summed E-state index contributed by atoms with van der Waals surface area (Å²) in [7, 11) is 0. The minimum absolute atomic E-state index is 0.383. The minimum Gasteiger partial charge on any atom is -0.376 e. The predicted molar refractivity (Wildman–Crippen MR) is 93.1 cm³/mol. The predicted octanol–water partition coefficient (Wildman–Crippen LogP) is 4.12. The van der Waals surface area contributed by atoms with Gasteiger partial charge in [0.25, 0.3) is 0 Å². The highest BCUT2D eigenvalue weighted by molar-refractivity contribution is 9.10. The van der Waals surface area contributed by atoms with Gasteiger partial charge in [-0.25, -0.2) is 0 Å². The fraction of sp³-hybridized carbons (Fsp3) is 0.647. The summed E-state index contributed by atoms with van der Waals surface area (Å²) in [5.41, 5.74) is 2.58. The zero-order valence-corrected chi connectivity index (χ0v) is 14.9. The molecule has 0 spiro atoms. The zero-order chi connectivity index (χ0) is 15.2. The summed E-state index contributed by atoms with van der Waals surface area (Å²) in [6.45, 7) is 10.4. The van der Waals surface area contributed by atoms with Crippen molar-refractivity contribution in [1.29, 1.82) is 0 Å². The van der Waals surface area contributed by atoms with Crippen LogP contribution in [0, 0.1) is 0 Å². The van der Waals surface area contributed by atoms with Crippen LogP contribution in [0.5, 0.6) is 0 Å². The molecule has 118 valence electrons. The molecule has 0 radical (unpaired) electrons. The van der Waals surface area contributed by atoms with Gasteiger partial charge in [0.05, 0.1) is 11.8 Å². The number of likely N-dealkylation sites (N-methyl/N-ethyl adjacent to an activating group) is 1. The SMILES string of the molecule is CCNC(C)c1ccc(N(CC)CC2CCCO2)c(Br)c1. The lowest BCUT2D eigenvalue weighted by atomic mass is 10.1. The molecule has 0 bridgehead atoms. The van der Waals surface area contributed by atoms with Crippen molar-refractivity contribution in [1.82, 2.24) is 5.32 Å². The van der Waals surface area contributed by atoms with Crippen LogP contribution < -0.4 is 10.2 Å². The molecule has 1 aromatic carbocycles. The average molecular weight is 355 g/mol. The van der Waals surface area contributed by atoms with Crippen LogP contribution in [0.15, 0.2) is 22.7 Å². The van der Waals surface area contributed by atoms with Gasteiger partial charge in [0.2, 0.25) is 0 Å². The van der Waals surface area contributed by atoms with E-state index in [4.69, 9.17) is 4.74 Å². The normalized spacial score (nSPS) is 19.7. The number of hydrogen-bond donors (Lipinski definition) is 1. The topological polar surface area (TPSA) is 24.5 Å². The lowest BCUT2D eigenvalue weighted by Gasteiger charge is -2.27. The van der Waals surface area contributed by atoms with Gasteiger partial charge in [-0.1, -0.05) is 13.0 Å². The van der Waals surface area contributed by atoms with E-state index in [-0.39, 0.29) is 0 Å². The second-order valence-electron chi connectivity index (χ2n) is 5.66. The van der Waals surface area contributed by atoms with Gasteiger partial charge >= 0.3 is 0 Å². The number of halogens is 1. The Kier molecular flexibility index (Phi) is 6.52. The number of ether oxygens (including phenoxy) is 1. The van der Waals surface area contributed by atoms with E-state index in [1.807, 2.05) is 0 Å². The lowest BCUT2D eigenvalue weighted by Crippen LogP contribution is -2.32. The monoisotopic (exact) mass is 354 g/mol. The van der Waals surface area contributed by atoms with Crippen molar-refractivity contribution < 1.29 is 4.74 Å². The number of nitrogens with zero attached hydrogens (tertiary/aromatic N) is 1. The van der Waals surface area contributed by atoms with Crippen LogP contribution in [-0.4, -0.2) is 32.3 Å². The van der Waals surface area contributed by atoms with Crippen LogP contribution in [0.4, 0.5) is 5.69 Å². The molecule has 0 saturated carbocycles. The molecule has 1 aliphatic rings. The van der Waals surface area contributed by atoms with Crippen LogP contribution in [0.1, 0.15) is 45.2 Å². The molecule has 1 fully saturated rings. The smallest absolute Gasteiger partial charge is 0.0750 e. The molecule has 21 heavy (non-hydrogen) atoms. The molecule has 2 atom stereocenters. The molecule has 3 nitrogen and oxygen atoms in total. The second-order valence-corrected chi connectivity index (χ2v) is 6.52. The maximum atomic E-state index is 5.77. The molecule has 1 heterocycles. The molecule has 2 rings (SSSR count). The highest BCUT2D eigenvalue weighted by Crippen LogP contribution is 2.30. The highest BCUT2D eigenvalue weighted by Gasteiger charge is 2.20. The Hall–Kier alpha value is -0.580. The second kappa shape index (κ2) is 8.16. The van der Waals surface area contributed by atoms with Gasteiger partial charge in [-0.05, 0) is 66.9 Å². The van der Waals surface area contributed by atoms with Crippen molar-refractivity contribution in [3.8, 4) is 0 Å². The molecule has 2 unspecified atom stereocenters. The summed E-state index contributed by atoms with van der Waals surface area (Å²) in [5, 5.41) is 3.46. The summed E-state index contributed by atoms with van der Waals surface area (Å²) in [4.78, 5) is 2.40. The molecule has 0 amide bonds. The zero-order valence-electron chi connectivity index (χ0n) is 13.4. The molecular formula is C17H27BrN2O. The Bertz CT molecular complexity index is 446. The van der Waals surface area contributed by atoms with E-state index in [9.17, 15) is 0 Å². The van der Waals surface area contributed by atoms with Gasteiger partial charge in [0, 0.05) is 30.2 Å². The van der Waals surface area contributed by atoms with E-state index < -0.39 is 0 Å². The summed E-state index contributed by atoms with van der Waals surface area (Å²) in [6, 6.07) is 7.08. The molecule has 4 heteroatoms. The Labute approximate surface area is 137 Å². The molecule has 1 aromatic rings. The van der Waals surface area contributed by atoms with Crippen LogP contribution in [0.25, 0.3) is 0 Å². The van der Waals surface area contributed by atoms with Crippen molar-refractivity contribution in [2.45, 2.75) is 45.8 Å². The van der Waals surface area contributed by atoms with Crippen molar-refractivity contribution in [3.63, 3.8) is 0 Å². The van der Waals surface area contributed by atoms with E-state index in [1.54, 1.807) is 0 Å². The van der Waals surface area contributed by atoms with Crippen molar-refractivity contribution in [2.75, 3.05) is 31.1 Å². The van der Waals surface area contributed by atoms with Crippen LogP contribution in [0.2, 0.25) is 0 Å². The lowest BCUT2D eigenvalue weighted by molar-refractivity contribution is 0.115. The molecular weight excluding hydrogens is 328 g/mol. The highest BCUT2D eigenvalue weighted by atomic mass is 79.9. The molecule has 0 aromatic heterocycles. The van der Waals surface area contributed by atoms with Gasteiger partial charge in [-0.15, -0.1) is 0 Å². The third kappa shape index (κ3) is 4.44. The largest absolute Gasteiger partial charge is 0.376 e. The van der Waals surface area contributed by atoms with Gasteiger partial charge < -0.3 is 15.0 Å². The van der Waals surface area contributed by atoms with Gasteiger partial charge in [-0.3, -0.25) is 0 Å².